The molecule has 124 valence electrons. The van der Waals surface area contributed by atoms with Crippen LogP contribution in [0.15, 0.2) is 77.7 Å². The Hall–Kier alpha value is -2.72. The summed E-state index contributed by atoms with van der Waals surface area (Å²) >= 11 is 1.44. The van der Waals surface area contributed by atoms with Crippen LogP contribution >= 0.6 is 11.8 Å². The molecule has 0 fully saturated rings. The van der Waals surface area contributed by atoms with Crippen LogP contribution in [0.5, 0.6) is 0 Å². The van der Waals surface area contributed by atoms with Gasteiger partial charge in [-0.3, -0.25) is 9.59 Å². The first-order valence-corrected chi connectivity index (χ1v) is 8.91. The van der Waals surface area contributed by atoms with Gasteiger partial charge in [0.2, 0.25) is 11.6 Å². The number of hydrogen-bond acceptors (Lipinski definition) is 3. The molecule has 0 radical (unpaired) electrons. The van der Waals surface area contributed by atoms with Crippen LogP contribution in [0.1, 0.15) is 20.7 Å². The van der Waals surface area contributed by atoms with E-state index in [0.29, 0.717) is 16.7 Å². The van der Waals surface area contributed by atoms with E-state index in [4.69, 9.17) is 0 Å². The van der Waals surface area contributed by atoms with Crippen molar-refractivity contribution in [2.75, 3.05) is 6.26 Å². The van der Waals surface area contributed by atoms with E-state index >= 15 is 0 Å². The van der Waals surface area contributed by atoms with Gasteiger partial charge in [0.15, 0.2) is 0 Å². The summed E-state index contributed by atoms with van der Waals surface area (Å²) in [5.41, 5.74) is 1.25. The monoisotopic (exact) mass is 350 g/mol. The lowest BCUT2D eigenvalue weighted by molar-refractivity contribution is 0.0817. The number of hydrogen-bond donors (Lipinski definition) is 0. The Kier molecular flexibility index (Phi) is 5.10. The standard InChI is InChI=1S/C21H15FO2S/c1-25-15-11-12-17(19(22)13-15)16-9-5-6-10-18(16)21(24)20(23)14-7-3-2-4-8-14/h2-13H,1H3. The smallest absolute Gasteiger partial charge is 0.234 e. The summed E-state index contributed by atoms with van der Waals surface area (Å²) in [4.78, 5) is 26.0. The number of carbonyl (C=O) groups excluding carboxylic acids is 2. The van der Waals surface area contributed by atoms with Gasteiger partial charge >= 0.3 is 0 Å². The summed E-state index contributed by atoms with van der Waals surface area (Å²) in [6, 6.07) is 19.8. The normalized spacial score (nSPS) is 10.5. The van der Waals surface area contributed by atoms with Gasteiger partial charge in [-0.1, -0.05) is 60.7 Å². The number of halogens is 1. The zero-order chi connectivity index (χ0) is 17.8. The van der Waals surface area contributed by atoms with Gasteiger partial charge in [0, 0.05) is 21.6 Å². The molecule has 0 saturated carbocycles. The Morgan fingerprint density at radius 2 is 1.48 bits per heavy atom. The van der Waals surface area contributed by atoms with E-state index in [1.165, 1.54) is 17.8 Å². The molecule has 3 aromatic rings. The molecule has 4 heteroatoms. The van der Waals surface area contributed by atoms with Gasteiger partial charge < -0.3 is 0 Å². The van der Waals surface area contributed by atoms with Crippen molar-refractivity contribution in [3.8, 4) is 11.1 Å². The molecule has 0 aliphatic rings. The second-order valence-corrected chi connectivity index (χ2v) is 6.30. The van der Waals surface area contributed by atoms with E-state index in [-0.39, 0.29) is 5.56 Å². The van der Waals surface area contributed by atoms with Crippen molar-refractivity contribution in [1.82, 2.24) is 0 Å². The molecule has 0 N–H and O–H groups in total. The van der Waals surface area contributed by atoms with Gasteiger partial charge in [-0.05, 0) is 24.0 Å². The van der Waals surface area contributed by atoms with Crippen molar-refractivity contribution >= 4 is 23.3 Å². The Bertz CT molecular complexity index is 936. The van der Waals surface area contributed by atoms with Crippen LogP contribution in [0.3, 0.4) is 0 Å². The van der Waals surface area contributed by atoms with Gasteiger partial charge in [0.25, 0.3) is 0 Å². The molecule has 0 unspecified atom stereocenters. The summed E-state index contributed by atoms with van der Waals surface area (Å²) in [5, 5.41) is 0. The first kappa shape index (κ1) is 17.1. The Morgan fingerprint density at radius 1 is 0.800 bits per heavy atom. The largest absolute Gasteiger partial charge is 0.285 e. The third-order valence-corrected chi connectivity index (χ3v) is 4.61. The number of thioether (sulfide) groups is 1. The zero-order valence-corrected chi connectivity index (χ0v) is 14.3. The van der Waals surface area contributed by atoms with Crippen LogP contribution in [0, 0.1) is 5.82 Å². The first-order chi connectivity index (χ1) is 12.1. The van der Waals surface area contributed by atoms with Crippen LogP contribution in [0.4, 0.5) is 4.39 Å². The molecule has 25 heavy (non-hydrogen) atoms. The van der Waals surface area contributed by atoms with Crippen molar-refractivity contribution in [1.29, 1.82) is 0 Å². The molecule has 3 rings (SSSR count). The Balaban J connectivity index is 2.05. The van der Waals surface area contributed by atoms with E-state index in [1.54, 1.807) is 66.7 Å². The fourth-order valence-corrected chi connectivity index (χ4v) is 3.03. The second-order valence-electron chi connectivity index (χ2n) is 5.42. The highest BCUT2D eigenvalue weighted by molar-refractivity contribution is 7.98. The minimum absolute atomic E-state index is 0.201. The molecule has 0 heterocycles. The minimum atomic E-state index is -0.643. The number of benzene rings is 3. The van der Waals surface area contributed by atoms with Gasteiger partial charge in [-0.2, -0.15) is 0 Å². The van der Waals surface area contributed by atoms with Gasteiger partial charge in [0.05, 0.1) is 0 Å². The van der Waals surface area contributed by atoms with Crippen molar-refractivity contribution in [2.45, 2.75) is 4.90 Å². The van der Waals surface area contributed by atoms with E-state index in [9.17, 15) is 14.0 Å². The highest BCUT2D eigenvalue weighted by Crippen LogP contribution is 2.30. The summed E-state index contributed by atoms with van der Waals surface area (Å²) in [6.45, 7) is 0. The highest BCUT2D eigenvalue weighted by atomic mass is 32.2. The number of rotatable bonds is 5. The lowest BCUT2D eigenvalue weighted by atomic mass is 9.93. The third kappa shape index (κ3) is 3.54. The molecule has 0 saturated heterocycles. The highest BCUT2D eigenvalue weighted by Gasteiger charge is 2.22. The Labute approximate surface area is 149 Å². The lowest BCUT2D eigenvalue weighted by Crippen LogP contribution is -2.15. The molecular weight excluding hydrogens is 335 g/mol. The van der Waals surface area contributed by atoms with Gasteiger partial charge in [-0.25, -0.2) is 4.39 Å². The van der Waals surface area contributed by atoms with E-state index in [2.05, 4.69) is 0 Å². The van der Waals surface area contributed by atoms with Crippen molar-refractivity contribution in [3.63, 3.8) is 0 Å². The van der Waals surface area contributed by atoms with Gasteiger partial charge in [-0.15, -0.1) is 11.8 Å². The predicted octanol–water partition coefficient (Wildman–Crippen LogP) is 5.28. The number of Topliss-reactive ketones (excluding diaryl/α,β-unsaturated/α-hetero) is 2. The van der Waals surface area contributed by atoms with Crippen LogP contribution in [-0.2, 0) is 0 Å². The predicted molar refractivity (Wildman–Crippen MR) is 98.7 cm³/mol. The van der Waals surface area contributed by atoms with Crippen LogP contribution in [-0.4, -0.2) is 17.8 Å². The molecule has 0 atom stereocenters. The SMILES string of the molecule is CSc1ccc(-c2ccccc2C(=O)C(=O)c2ccccc2)c(F)c1. The van der Waals surface area contributed by atoms with Crippen molar-refractivity contribution < 1.29 is 14.0 Å². The number of ketones is 2. The quantitative estimate of drug-likeness (QED) is 0.357. The number of carbonyl (C=O) groups is 2. The average Bonchev–Trinajstić information content (AvgIpc) is 2.67. The molecule has 0 aliphatic carbocycles. The summed E-state index contributed by atoms with van der Waals surface area (Å²) in [7, 11) is 0. The molecule has 0 spiro atoms. The van der Waals surface area contributed by atoms with Crippen molar-refractivity contribution in [3.05, 3.63) is 89.7 Å². The molecule has 0 amide bonds. The van der Waals surface area contributed by atoms with E-state index < -0.39 is 17.4 Å². The molecule has 3 aromatic carbocycles. The lowest BCUT2D eigenvalue weighted by Gasteiger charge is -2.10. The van der Waals surface area contributed by atoms with Crippen molar-refractivity contribution in [2.24, 2.45) is 0 Å². The first-order valence-electron chi connectivity index (χ1n) is 7.69. The third-order valence-electron chi connectivity index (χ3n) is 3.88. The summed E-state index contributed by atoms with van der Waals surface area (Å²) in [6.07, 6.45) is 1.87. The van der Waals surface area contributed by atoms with Gasteiger partial charge in [0.1, 0.15) is 5.82 Å². The topological polar surface area (TPSA) is 34.1 Å². The van der Waals surface area contributed by atoms with Crippen LogP contribution < -0.4 is 0 Å². The maximum Gasteiger partial charge on any atom is 0.234 e. The fraction of sp³-hybridized carbons (Fsp3) is 0.0476. The molecule has 0 aromatic heterocycles. The maximum absolute atomic E-state index is 14.5. The van der Waals surface area contributed by atoms with Crippen LogP contribution in [0.2, 0.25) is 0 Å². The Morgan fingerprint density at radius 3 is 2.16 bits per heavy atom. The average molecular weight is 350 g/mol. The maximum atomic E-state index is 14.5. The summed E-state index contributed by atoms with van der Waals surface area (Å²) in [5.74, 6) is -1.66. The second kappa shape index (κ2) is 7.45. The molecular formula is C21H15FO2S. The molecule has 0 aliphatic heterocycles. The molecule has 0 bridgehead atoms. The van der Waals surface area contributed by atoms with Crippen LogP contribution in [0.25, 0.3) is 11.1 Å². The fourth-order valence-electron chi connectivity index (χ4n) is 2.60. The van der Waals surface area contributed by atoms with E-state index in [0.717, 1.165) is 4.90 Å². The summed E-state index contributed by atoms with van der Waals surface area (Å²) < 4.78 is 14.5. The zero-order valence-electron chi connectivity index (χ0n) is 13.5. The van der Waals surface area contributed by atoms with E-state index in [1.807, 2.05) is 6.26 Å². The molecule has 2 nitrogen and oxygen atoms in total. The minimum Gasteiger partial charge on any atom is -0.285 e.